The van der Waals surface area contributed by atoms with Gasteiger partial charge in [0.25, 0.3) is 0 Å². The summed E-state index contributed by atoms with van der Waals surface area (Å²) in [5.41, 5.74) is 3.37. The Morgan fingerprint density at radius 1 is 1.05 bits per heavy atom. The van der Waals surface area contributed by atoms with Gasteiger partial charge in [0.1, 0.15) is 5.75 Å². The normalized spacial score (nSPS) is 13.9. The second-order valence-corrected chi connectivity index (χ2v) is 5.50. The van der Waals surface area contributed by atoms with Gasteiger partial charge in [0.05, 0.1) is 0 Å². The quantitative estimate of drug-likeness (QED) is 0.854. The molecule has 0 aromatic heterocycles. The van der Waals surface area contributed by atoms with E-state index in [1.807, 2.05) is 31.2 Å². The van der Waals surface area contributed by atoms with E-state index in [9.17, 15) is 5.11 Å². The molecule has 0 aliphatic heterocycles. The topological polar surface area (TPSA) is 32.3 Å². The zero-order chi connectivity index (χ0) is 14.5. The van der Waals surface area contributed by atoms with Crippen molar-refractivity contribution in [2.75, 3.05) is 6.54 Å². The number of hydrogen-bond donors (Lipinski definition) is 2. The fourth-order valence-electron chi connectivity index (χ4n) is 2.38. The van der Waals surface area contributed by atoms with Crippen molar-refractivity contribution >= 4 is 0 Å². The third-order valence-corrected chi connectivity index (χ3v) is 3.75. The maximum absolute atomic E-state index is 10.0. The molecule has 106 valence electrons. The molecule has 2 heteroatoms. The summed E-state index contributed by atoms with van der Waals surface area (Å²) >= 11 is 0. The highest BCUT2D eigenvalue weighted by atomic mass is 16.3. The van der Waals surface area contributed by atoms with Gasteiger partial charge in [-0.25, -0.2) is 0 Å². The summed E-state index contributed by atoms with van der Waals surface area (Å²) in [6.45, 7) is 7.17. The van der Waals surface area contributed by atoms with E-state index in [0.717, 1.165) is 17.7 Å². The molecule has 0 aliphatic rings. The fraction of sp³-hybridized carbons (Fsp3) is 0.333. The van der Waals surface area contributed by atoms with Crippen LogP contribution in [0.15, 0.2) is 48.5 Å². The standard InChI is InChI=1S/C18H23NO/c1-13-9-10-17(18(20)11-13)15(3)19-12-14(2)16-7-5-4-6-8-16/h4-11,14-15,19-20H,12H2,1-3H3. The van der Waals surface area contributed by atoms with Crippen LogP contribution in [0.5, 0.6) is 5.75 Å². The van der Waals surface area contributed by atoms with Crippen LogP contribution >= 0.6 is 0 Å². The monoisotopic (exact) mass is 269 g/mol. The Morgan fingerprint density at radius 2 is 1.75 bits per heavy atom. The molecule has 2 rings (SSSR count). The highest BCUT2D eigenvalue weighted by Crippen LogP contribution is 2.25. The lowest BCUT2D eigenvalue weighted by Gasteiger charge is -2.19. The molecule has 2 aromatic carbocycles. The number of phenolic OH excluding ortho intramolecular Hbond substituents is 1. The van der Waals surface area contributed by atoms with E-state index in [-0.39, 0.29) is 6.04 Å². The molecule has 0 spiro atoms. The lowest BCUT2D eigenvalue weighted by Crippen LogP contribution is -2.23. The van der Waals surface area contributed by atoms with Crippen LogP contribution in [0.4, 0.5) is 0 Å². The first-order valence-corrected chi connectivity index (χ1v) is 7.15. The zero-order valence-electron chi connectivity index (χ0n) is 12.4. The van der Waals surface area contributed by atoms with E-state index in [1.54, 1.807) is 0 Å². The summed E-state index contributed by atoms with van der Waals surface area (Å²) in [5.74, 6) is 0.823. The van der Waals surface area contributed by atoms with E-state index < -0.39 is 0 Å². The van der Waals surface area contributed by atoms with E-state index in [2.05, 4.69) is 43.4 Å². The predicted octanol–water partition coefficient (Wildman–Crippen LogP) is 4.15. The van der Waals surface area contributed by atoms with Crippen molar-refractivity contribution < 1.29 is 5.11 Å². The van der Waals surface area contributed by atoms with Crippen molar-refractivity contribution in [3.8, 4) is 5.75 Å². The van der Waals surface area contributed by atoms with E-state index in [4.69, 9.17) is 0 Å². The summed E-state index contributed by atoms with van der Waals surface area (Å²) in [6, 6.07) is 16.5. The Bertz CT molecular complexity index is 551. The second-order valence-electron chi connectivity index (χ2n) is 5.50. The van der Waals surface area contributed by atoms with Crippen molar-refractivity contribution in [1.82, 2.24) is 5.32 Å². The van der Waals surface area contributed by atoms with Crippen LogP contribution in [-0.4, -0.2) is 11.7 Å². The molecular formula is C18H23NO. The molecule has 2 aromatic rings. The SMILES string of the molecule is Cc1ccc(C(C)NCC(C)c2ccccc2)c(O)c1. The van der Waals surface area contributed by atoms with Crippen molar-refractivity contribution in [1.29, 1.82) is 0 Å². The molecule has 0 heterocycles. The lowest BCUT2D eigenvalue weighted by molar-refractivity contribution is 0.449. The average molecular weight is 269 g/mol. The molecule has 0 saturated carbocycles. The maximum Gasteiger partial charge on any atom is 0.120 e. The highest BCUT2D eigenvalue weighted by Gasteiger charge is 2.12. The predicted molar refractivity (Wildman–Crippen MR) is 84.1 cm³/mol. The number of rotatable bonds is 5. The first-order chi connectivity index (χ1) is 9.58. The molecule has 0 radical (unpaired) electrons. The number of aromatic hydroxyl groups is 1. The zero-order valence-corrected chi connectivity index (χ0v) is 12.4. The molecule has 2 nitrogen and oxygen atoms in total. The lowest BCUT2D eigenvalue weighted by atomic mass is 10.00. The number of phenols is 1. The van der Waals surface area contributed by atoms with Gasteiger partial charge in [-0.15, -0.1) is 0 Å². The van der Waals surface area contributed by atoms with Gasteiger partial charge in [0, 0.05) is 18.2 Å². The summed E-state index contributed by atoms with van der Waals surface area (Å²) in [4.78, 5) is 0. The van der Waals surface area contributed by atoms with Gasteiger partial charge in [0.15, 0.2) is 0 Å². The van der Waals surface area contributed by atoms with Gasteiger partial charge >= 0.3 is 0 Å². The Hall–Kier alpha value is -1.80. The fourth-order valence-corrected chi connectivity index (χ4v) is 2.38. The Morgan fingerprint density at radius 3 is 2.40 bits per heavy atom. The van der Waals surface area contributed by atoms with Gasteiger partial charge < -0.3 is 10.4 Å². The van der Waals surface area contributed by atoms with E-state index >= 15 is 0 Å². The molecule has 2 unspecified atom stereocenters. The van der Waals surface area contributed by atoms with Crippen LogP contribution in [0.2, 0.25) is 0 Å². The molecule has 0 amide bonds. The first kappa shape index (κ1) is 14.6. The third-order valence-electron chi connectivity index (χ3n) is 3.75. The van der Waals surface area contributed by atoms with Gasteiger partial charge in [-0.2, -0.15) is 0 Å². The highest BCUT2D eigenvalue weighted by molar-refractivity contribution is 5.37. The minimum atomic E-state index is 0.141. The summed E-state index contributed by atoms with van der Waals surface area (Å²) in [7, 11) is 0. The molecule has 0 aliphatic carbocycles. The summed E-state index contributed by atoms with van der Waals surface area (Å²) in [5, 5.41) is 13.5. The van der Waals surface area contributed by atoms with E-state index in [0.29, 0.717) is 11.7 Å². The van der Waals surface area contributed by atoms with Crippen LogP contribution in [0.1, 0.15) is 42.5 Å². The first-order valence-electron chi connectivity index (χ1n) is 7.15. The van der Waals surface area contributed by atoms with Gasteiger partial charge in [-0.1, -0.05) is 49.4 Å². The van der Waals surface area contributed by atoms with Gasteiger partial charge in [-0.05, 0) is 37.0 Å². The van der Waals surface area contributed by atoms with Gasteiger partial charge in [-0.3, -0.25) is 0 Å². The molecule has 0 fully saturated rings. The molecule has 20 heavy (non-hydrogen) atoms. The van der Waals surface area contributed by atoms with Crippen molar-refractivity contribution in [3.05, 3.63) is 65.2 Å². The summed E-state index contributed by atoms with van der Waals surface area (Å²) in [6.07, 6.45) is 0. The van der Waals surface area contributed by atoms with Gasteiger partial charge in [0.2, 0.25) is 0 Å². The van der Waals surface area contributed by atoms with Crippen LogP contribution < -0.4 is 5.32 Å². The smallest absolute Gasteiger partial charge is 0.120 e. The minimum absolute atomic E-state index is 0.141. The third kappa shape index (κ3) is 3.61. The summed E-state index contributed by atoms with van der Waals surface area (Å²) < 4.78 is 0. The van der Waals surface area contributed by atoms with Crippen LogP contribution in [0.25, 0.3) is 0 Å². The Balaban J connectivity index is 1.96. The molecular weight excluding hydrogens is 246 g/mol. The number of hydrogen-bond acceptors (Lipinski definition) is 2. The van der Waals surface area contributed by atoms with Crippen molar-refractivity contribution in [2.24, 2.45) is 0 Å². The molecule has 0 bridgehead atoms. The molecule has 0 saturated heterocycles. The number of aryl methyl sites for hydroxylation is 1. The maximum atomic E-state index is 10.0. The van der Waals surface area contributed by atoms with E-state index in [1.165, 1.54) is 5.56 Å². The largest absolute Gasteiger partial charge is 0.508 e. The minimum Gasteiger partial charge on any atom is -0.508 e. The van der Waals surface area contributed by atoms with Crippen LogP contribution in [0.3, 0.4) is 0 Å². The van der Waals surface area contributed by atoms with Crippen LogP contribution in [-0.2, 0) is 0 Å². The molecule has 2 N–H and O–H groups in total. The van der Waals surface area contributed by atoms with Crippen LogP contribution in [0, 0.1) is 6.92 Å². The number of benzene rings is 2. The van der Waals surface area contributed by atoms with Crippen molar-refractivity contribution in [2.45, 2.75) is 32.7 Å². The Kier molecular flexibility index (Phi) is 4.80. The second kappa shape index (κ2) is 6.58. The number of nitrogens with one attached hydrogen (secondary N) is 1. The molecule has 2 atom stereocenters. The van der Waals surface area contributed by atoms with Crippen molar-refractivity contribution in [3.63, 3.8) is 0 Å². The average Bonchev–Trinajstić information content (AvgIpc) is 2.45. The Labute approximate surface area is 121 Å².